The Morgan fingerprint density at radius 3 is 2.03 bits per heavy atom. The molecule has 2 aliphatic heterocycles. The van der Waals surface area contributed by atoms with Crippen LogP contribution in [0.4, 0.5) is 5.69 Å². The zero-order chi connectivity index (χ0) is 26.0. The van der Waals surface area contributed by atoms with E-state index in [4.69, 9.17) is 0 Å². The van der Waals surface area contributed by atoms with Gasteiger partial charge in [0.1, 0.15) is 11.5 Å². The van der Waals surface area contributed by atoms with Crippen LogP contribution in [0.1, 0.15) is 53.7 Å². The topological polar surface area (TPSA) is 54.5 Å². The Hall–Kier alpha value is -4.57. The van der Waals surface area contributed by atoms with E-state index in [2.05, 4.69) is 11.0 Å². The van der Waals surface area contributed by atoms with Gasteiger partial charge in [-0.05, 0) is 30.2 Å². The Morgan fingerprint density at radius 1 is 0.763 bits per heavy atom. The molecule has 1 spiro atoms. The van der Waals surface area contributed by atoms with Gasteiger partial charge in [0.05, 0.1) is 6.04 Å². The highest BCUT2D eigenvalue weighted by Gasteiger charge is 2.71. The van der Waals surface area contributed by atoms with E-state index in [0.29, 0.717) is 16.7 Å². The maximum Gasteiger partial charge on any atom is 0.185 e. The van der Waals surface area contributed by atoms with Gasteiger partial charge in [-0.2, -0.15) is 0 Å². The maximum absolute atomic E-state index is 14.5. The van der Waals surface area contributed by atoms with Crippen LogP contribution in [-0.4, -0.2) is 29.4 Å². The van der Waals surface area contributed by atoms with E-state index < -0.39 is 23.4 Å². The van der Waals surface area contributed by atoms with E-state index >= 15 is 0 Å². The lowest BCUT2D eigenvalue weighted by atomic mass is 9.64. The van der Waals surface area contributed by atoms with Crippen LogP contribution in [0.3, 0.4) is 0 Å². The lowest BCUT2D eigenvalue weighted by Crippen LogP contribution is -2.48. The number of carbonyl (C=O) groups excluding carboxylic acids is 3. The number of ketones is 3. The van der Waals surface area contributed by atoms with Crippen LogP contribution in [0.2, 0.25) is 0 Å². The number of rotatable bonds is 3. The smallest absolute Gasteiger partial charge is 0.185 e. The molecule has 184 valence electrons. The molecule has 1 saturated heterocycles. The van der Waals surface area contributed by atoms with Crippen molar-refractivity contribution in [1.29, 1.82) is 0 Å². The minimum atomic E-state index is -1.46. The highest BCUT2D eigenvalue weighted by molar-refractivity contribution is 6.32. The molecule has 0 radical (unpaired) electrons. The summed E-state index contributed by atoms with van der Waals surface area (Å²) in [5.41, 5.74) is 3.74. The summed E-state index contributed by atoms with van der Waals surface area (Å²) < 4.78 is 0. The lowest BCUT2D eigenvalue weighted by molar-refractivity contribution is 0.0666. The van der Waals surface area contributed by atoms with Crippen LogP contribution in [0.25, 0.3) is 6.08 Å². The van der Waals surface area contributed by atoms with E-state index in [1.807, 2.05) is 91.9 Å². The van der Waals surface area contributed by atoms with Gasteiger partial charge in [-0.25, -0.2) is 0 Å². The van der Waals surface area contributed by atoms with Gasteiger partial charge in [-0.3, -0.25) is 14.4 Å². The second kappa shape index (κ2) is 8.22. The van der Waals surface area contributed by atoms with Gasteiger partial charge < -0.3 is 4.90 Å². The first kappa shape index (κ1) is 22.6. The molecule has 1 unspecified atom stereocenters. The summed E-state index contributed by atoms with van der Waals surface area (Å²) in [5.74, 6) is -1.18. The third kappa shape index (κ3) is 2.89. The number of Topliss-reactive ketones (excluding diaryl/α,β-unsaturated/α-hetero) is 3. The molecule has 3 atom stereocenters. The predicted octanol–water partition coefficient (Wildman–Crippen LogP) is 6.31. The fourth-order valence-corrected chi connectivity index (χ4v) is 6.90. The van der Waals surface area contributed by atoms with Crippen molar-refractivity contribution in [2.75, 3.05) is 4.90 Å². The Morgan fingerprint density at radius 2 is 1.37 bits per heavy atom. The van der Waals surface area contributed by atoms with Crippen molar-refractivity contribution in [1.82, 2.24) is 0 Å². The second-order valence-electron chi connectivity index (χ2n) is 10.4. The van der Waals surface area contributed by atoms with Crippen LogP contribution in [0, 0.1) is 12.3 Å². The predicted molar refractivity (Wildman–Crippen MR) is 148 cm³/mol. The average molecular weight is 496 g/mol. The van der Waals surface area contributed by atoms with Gasteiger partial charge >= 0.3 is 0 Å². The molecule has 4 aromatic rings. The summed E-state index contributed by atoms with van der Waals surface area (Å²) in [5, 5.41) is 0. The van der Waals surface area contributed by atoms with Crippen molar-refractivity contribution in [3.63, 3.8) is 0 Å². The summed E-state index contributed by atoms with van der Waals surface area (Å²) in [4.78, 5) is 45.7. The highest BCUT2D eigenvalue weighted by atomic mass is 16.2. The van der Waals surface area contributed by atoms with Gasteiger partial charge in [0.2, 0.25) is 0 Å². The second-order valence-corrected chi connectivity index (χ2v) is 10.4. The molecule has 3 aliphatic rings. The van der Waals surface area contributed by atoms with Gasteiger partial charge in [0, 0.05) is 28.3 Å². The SMILES string of the molecule is Cc1ccc2c(c1)C=CC1N2[C@H](C(=O)c2ccccc2)[C@@H](c2ccccc2)C12C(=O)c1ccccc1C2=O. The Balaban J connectivity index is 1.55. The molecule has 4 nitrogen and oxygen atoms in total. The van der Waals surface area contributed by atoms with Crippen LogP contribution in [0.5, 0.6) is 0 Å². The van der Waals surface area contributed by atoms with Gasteiger partial charge in [0.15, 0.2) is 17.3 Å². The molecule has 0 bridgehead atoms. The molecular weight excluding hydrogens is 470 g/mol. The Bertz CT molecular complexity index is 1620. The summed E-state index contributed by atoms with van der Waals surface area (Å²) in [7, 11) is 0. The van der Waals surface area contributed by atoms with E-state index in [1.54, 1.807) is 24.3 Å². The fraction of sp³-hybridized carbons (Fsp3) is 0.147. The average Bonchev–Trinajstić information content (AvgIpc) is 3.39. The molecule has 4 heteroatoms. The zero-order valence-electron chi connectivity index (χ0n) is 20.9. The van der Waals surface area contributed by atoms with Crippen LogP contribution in [0.15, 0.2) is 109 Å². The number of anilines is 1. The largest absolute Gasteiger partial charge is 0.352 e. The van der Waals surface area contributed by atoms with Crippen molar-refractivity contribution in [2.45, 2.75) is 24.9 Å². The quantitative estimate of drug-likeness (QED) is 0.247. The van der Waals surface area contributed by atoms with Crippen LogP contribution >= 0.6 is 0 Å². The molecule has 0 saturated carbocycles. The number of benzene rings is 4. The third-order valence-electron chi connectivity index (χ3n) is 8.44. The third-order valence-corrected chi connectivity index (χ3v) is 8.44. The number of hydrogen-bond donors (Lipinski definition) is 0. The minimum absolute atomic E-state index is 0.0975. The first-order valence-corrected chi connectivity index (χ1v) is 12.9. The van der Waals surface area contributed by atoms with E-state index in [0.717, 1.165) is 22.4 Å². The van der Waals surface area contributed by atoms with Crippen LogP contribution in [-0.2, 0) is 0 Å². The van der Waals surface area contributed by atoms with Crippen LogP contribution < -0.4 is 4.90 Å². The molecule has 7 rings (SSSR count). The number of fused-ring (bicyclic) bond motifs is 5. The van der Waals surface area contributed by atoms with Crippen molar-refractivity contribution < 1.29 is 14.4 Å². The molecule has 0 aromatic heterocycles. The first-order chi connectivity index (χ1) is 18.5. The number of aryl methyl sites for hydroxylation is 1. The monoisotopic (exact) mass is 495 g/mol. The Kier molecular flexibility index (Phi) is 4.89. The minimum Gasteiger partial charge on any atom is -0.352 e. The number of hydrogen-bond acceptors (Lipinski definition) is 4. The first-order valence-electron chi connectivity index (χ1n) is 12.9. The Labute approximate surface area is 221 Å². The van der Waals surface area contributed by atoms with Gasteiger partial charge in [-0.1, -0.05) is 109 Å². The molecule has 1 fully saturated rings. The van der Waals surface area contributed by atoms with E-state index in [-0.39, 0.29) is 17.3 Å². The molecule has 38 heavy (non-hydrogen) atoms. The number of carbonyl (C=O) groups is 3. The lowest BCUT2D eigenvalue weighted by Gasteiger charge is -2.37. The molecule has 2 heterocycles. The maximum atomic E-state index is 14.5. The molecule has 4 aromatic carbocycles. The van der Waals surface area contributed by atoms with Crippen molar-refractivity contribution in [3.8, 4) is 0 Å². The summed E-state index contributed by atoms with van der Waals surface area (Å²) in [6, 6.07) is 30.7. The van der Waals surface area contributed by atoms with E-state index in [1.165, 1.54) is 0 Å². The molecule has 0 N–H and O–H groups in total. The standard InChI is InChI=1S/C34H25NO3/c1-21-16-18-27-24(20-21)17-19-28-34(32(37)25-14-8-9-15-26(25)33(34)38)29(22-10-4-2-5-11-22)30(35(27)28)31(36)23-12-6-3-7-13-23/h2-20,28-30H,1H3/t28?,29-,30+/m1/s1. The highest BCUT2D eigenvalue weighted by Crippen LogP contribution is 2.60. The normalized spacial score (nSPS) is 22.3. The van der Waals surface area contributed by atoms with Gasteiger partial charge in [0.25, 0.3) is 0 Å². The van der Waals surface area contributed by atoms with E-state index in [9.17, 15) is 14.4 Å². The summed E-state index contributed by atoms with van der Waals surface area (Å²) >= 11 is 0. The van der Waals surface area contributed by atoms with Crippen molar-refractivity contribution in [3.05, 3.63) is 143 Å². The van der Waals surface area contributed by atoms with Crippen molar-refractivity contribution >= 4 is 29.1 Å². The number of nitrogens with zero attached hydrogens (tertiary/aromatic N) is 1. The molecule has 1 aliphatic carbocycles. The molecule has 0 amide bonds. The fourth-order valence-electron chi connectivity index (χ4n) is 6.90. The van der Waals surface area contributed by atoms with Gasteiger partial charge in [-0.15, -0.1) is 0 Å². The molecular formula is C34H25NO3. The van der Waals surface area contributed by atoms with Crippen molar-refractivity contribution in [2.24, 2.45) is 5.41 Å². The summed E-state index contributed by atoms with van der Waals surface area (Å²) in [6.45, 7) is 2.03. The summed E-state index contributed by atoms with van der Waals surface area (Å²) in [6.07, 6.45) is 3.98. The zero-order valence-corrected chi connectivity index (χ0v) is 20.9.